The predicted molar refractivity (Wildman–Crippen MR) is 175 cm³/mol. The molecule has 0 spiro atoms. The van der Waals surface area contributed by atoms with Crippen LogP contribution in [0.5, 0.6) is 0 Å². The van der Waals surface area contributed by atoms with E-state index in [1.807, 2.05) is 60.7 Å². The zero-order valence-corrected chi connectivity index (χ0v) is 25.6. The van der Waals surface area contributed by atoms with Crippen molar-refractivity contribution in [1.29, 1.82) is 0 Å². The fourth-order valence-corrected chi connectivity index (χ4v) is 5.07. The van der Waals surface area contributed by atoms with Gasteiger partial charge in [0.25, 0.3) is 5.91 Å². The Hall–Kier alpha value is -6.04. The van der Waals surface area contributed by atoms with Gasteiger partial charge in [0.1, 0.15) is 19.0 Å². The third-order valence-corrected chi connectivity index (χ3v) is 7.41. The number of hydrogen-bond acceptors (Lipinski definition) is 10. The number of amides is 2. The Kier molecular flexibility index (Phi) is 10.5. The molecular weight excluding hydrogens is 600 g/mol. The summed E-state index contributed by atoms with van der Waals surface area (Å²) in [6, 6.07) is 22.6. The summed E-state index contributed by atoms with van der Waals surface area (Å²) in [5, 5.41) is 6.27. The normalized spacial score (nSPS) is 14.0. The number of carbonyl (C=O) groups is 4. The summed E-state index contributed by atoms with van der Waals surface area (Å²) in [7, 11) is 0. The molecule has 4 N–H and O–H groups in total. The third-order valence-electron chi connectivity index (χ3n) is 7.41. The van der Waals surface area contributed by atoms with Gasteiger partial charge in [-0.25, -0.2) is 19.6 Å². The lowest BCUT2D eigenvalue weighted by Gasteiger charge is -2.32. The molecule has 1 fully saturated rings. The molecule has 240 valence electrons. The van der Waals surface area contributed by atoms with Crippen LogP contribution < -0.4 is 16.4 Å². The van der Waals surface area contributed by atoms with E-state index in [9.17, 15) is 19.2 Å². The molecule has 1 aliphatic heterocycles. The van der Waals surface area contributed by atoms with Crippen molar-refractivity contribution >= 4 is 41.1 Å². The first-order valence-corrected chi connectivity index (χ1v) is 15.0. The summed E-state index contributed by atoms with van der Waals surface area (Å²) in [5.41, 5.74) is 7.26. The molecule has 2 amide bonds. The van der Waals surface area contributed by atoms with Crippen LogP contribution in [0, 0.1) is 0 Å². The lowest BCUT2D eigenvalue weighted by Crippen LogP contribution is -2.44. The van der Waals surface area contributed by atoms with Gasteiger partial charge in [-0.15, -0.1) is 0 Å². The van der Waals surface area contributed by atoms with Crippen molar-refractivity contribution in [3.8, 4) is 0 Å². The van der Waals surface area contributed by atoms with Crippen LogP contribution in [0.3, 0.4) is 0 Å². The van der Waals surface area contributed by atoms with E-state index in [0.717, 1.165) is 24.0 Å². The number of nitrogens with two attached hydrogens (primary N) is 1. The average molecular weight is 635 g/mol. The number of hydrogen-bond donors (Lipinski definition) is 3. The van der Waals surface area contributed by atoms with Gasteiger partial charge in [0.2, 0.25) is 5.91 Å². The number of benzene rings is 3. The van der Waals surface area contributed by atoms with E-state index in [1.165, 1.54) is 24.4 Å². The quantitative estimate of drug-likeness (QED) is 0.148. The van der Waals surface area contributed by atoms with Crippen LogP contribution in [-0.2, 0) is 27.5 Å². The van der Waals surface area contributed by atoms with Crippen LogP contribution in [0.1, 0.15) is 55.2 Å². The van der Waals surface area contributed by atoms with Crippen molar-refractivity contribution in [3.05, 3.63) is 126 Å². The molecule has 1 aliphatic rings. The van der Waals surface area contributed by atoms with Gasteiger partial charge >= 0.3 is 11.9 Å². The third kappa shape index (κ3) is 8.57. The van der Waals surface area contributed by atoms with Crippen molar-refractivity contribution in [2.24, 2.45) is 5.73 Å². The highest BCUT2D eigenvalue weighted by Gasteiger charge is 2.24. The molecular formula is C35H34N6O6. The molecule has 0 bridgehead atoms. The predicted octanol–water partition coefficient (Wildman–Crippen LogP) is 4.62. The summed E-state index contributed by atoms with van der Waals surface area (Å²) in [6.07, 6.45) is 4.25. The number of primary amides is 1. The summed E-state index contributed by atoms with van der Waals surface area (Å²) >= 11 is 0. The monoisotopic (exact) mass is 634 g/mol. The smallest absolute Gasteiger partial charge is 0.339 e. The minimum Gasteiger partial charge on any atom is -0.457 e. The van der Waals surface area contributed by atoms with Crippen LogP contribution in [-0.4, -0.2) is 57.8 Å². The fraction of sp³-hybridized carbons (Fsp3) is 0.200. The number of ether oxygens (including phenoxy) is 2. The van der Waals surface area contributed by atoms with Crippen LogP contribution in [0.2, 0.25) is 0 Å². The number of nitrogens with one attached hydrogen (secondary N) is 2. The minimum atomic E-state index is -0.824. The maximum Gasteiger partial charge on any atom is 0.339 e. The molecule has 1 atom stereocenters. The Labute approximate surface area is 271 Å². The summed E-state index contributed by atoms with van der Waals surface area (Å²) < 4.78 is 11.1. The number of rotatable bonds is 12. The number of anilines is 3. The maximum absolute atomic E-state index is 13.4. The maximum atomic E-state index is 13.4. The van der Waals surface area contributed by atoms with Gasteiger partial charge in [-0.2, -0.15) is 0 Å². The van der Waals surface area contributed by atoms with Gasteiger partial charge in [0, 0.05) is 24.8 Å². The van der Waals surface area contributed by atoms with E-state index in [-0.39, 0.29) is 47.8 Å². The first-order valence-electron chi connectivity index (χ1n) is 15.0. The number of carbonyl (C=O) groups excluding carboxylic acids is 4. The summed E-state index contributed by atoms with van der Waals surface area (Å²) in [5.74, 6) is -2.07. The Balaban J connectivity index is 1.39. The van der Waals surface area contributed by atoms with Crippen molar-refractivity contribution in [1.82, 2.24) is 14.9 Å². The van der Waals surface area contributed by atoms with Gasteiger partial charge in [-0.05, 0) is 48.2 Å². The summed E-state index contributed by atoms with van der Waals surface area (Å²) in [4.78, 5) is 61.4. The lowest BCUT2D eigenvalue weighted by molar-refractivity contribution is -0.127. The largest absolute Gasteiger partial charge is 0.457 e. The Morgan fingerprint density at radius 1 is 0.915 bits per heavy atom. The first-order chi connectivity index (χ1) is 22.8. The van der Waals surface area contributed by atoms with Gasteiger partial charge in [-0.3, -0.25) is 9.59 Å². The Morgan fingerprint density at radius 3 is 2.17 bits per heavy atom. The molecule has 2 heterocycles. The van der Waals surface area contributed by atoms with Gasteiger partial charge < -0.3 is 30.7 Å². The molecule has 5 rings (SSSR count). The second kappa shape index (κ2) is 15.3. The van der Waals surface area contributed by atoms with Gasteiger partial charge in [-0.1, -0.05) is 67.2 Å². The molecule has 1 saturated heterocycles. The van der Waals surface area contributed by atoms with Crippen LogP contribution in [0.15, 0.2) is 97.7 Å². The van der Waals surface area contributed by atoms with Crippen LogP contribution in [0.4, 0.5) is 17.3 Å². The van der Waals surface area contributed by atoms with E-state index in [1.54, 1.807) is 11.0 Å². The van der Waals surface area contributed by atoms with Crippen molar-refractivity contribution in [2.45, 2.75) is 32.1 Å². The zero-order valence-electron chi connectivity index (χ0n) is 25.6. The number of nitrogens with zero attached hydrogens (tertiary/aromatic N) is 3. The molecule has 1 aromatic heterocycles. The SMILES string of the molecule is C=CC(=O)N1CCC[C@@H](Nc2cnc(C(N)=O)c(Nc3ccc(C(=O)OCc4ccccc4)c(C(=O)OCc4ccccc4)c3)n2)C1. The Morgan fingerprint density at radius 2 is 1.55 bits per heavy atom. The first kappa shape index (κ1) is 32.4. The number of esters is 2. The number of likely N-dealkylation sites (tertiary alicyclic amines) is 1. The van der Waals surface area contributed by atoms with Crippen molar-refractivity contribution in [2.75, 3.05) is 23.7 Å². The zero-order chi connectivity index (χ0) is 33.2. The van der Waals surface area contributed by atoms with E-state index in [4.69, 9.17) is 15.2 Å². The number of aromatic nitrogens is 2. The molecule has 0 radical (unpaired) electrons. The van der Waals surface area contributed by atoms with Crippen LogP contribution in [0.25, 0.3) is 0 Å². The molecule has 47 heavy (non-hydrogen) atoms. The van der Waals surface area contributed by atoms with Crippen molar-refractivity contribution in [3.63, 3.8) is 0 Å². The van der Waals surface area contributed by atoms with E-state index in [0.29, 0.717) is 24.6 Å². The average Bonchev–Trinajstić information content (AvgIpc) is 3.10. The Bertz CT molecular complexity index is 1770. The molecule has 12 heteroatoms. The highest BCUT2D eigenvalue weighted by atomic mass is 16.5. The van der Waals surface area contributed by atoms with Crippen LogP contribution >= 0.6 is 0 Å². The highest BCUT2D eigenvalue weighted by Crippen LogP contribution is 2.25. The standard InChI is InChI=1S/C35H34N6O6/c1-2-30(42)41-17-9-14-26(20-41)38-29-19-37-31(32(36)43)33(40-29)39-25-15-16-27(34(44)46-21-23-10-5-3-6-11-23)28(18-25)35(45)47-22-24-12-7-4-8-13-24/h2-8,10-13,15-16,18-19,26H,1,9,14,17,20-22H2,(H2,36,43)(H2,38,39,40)/t26-/m1/s1. The minimum absolute atomic E-state index is 0.00269. The van der Waals surface area contributed by atoms with Crippen molar-refractivity contribution < 1.29 is 28.7 Å². The topological polar surface area (TPSA) is 166 Å². The van der Waals surface area contributed by atoms with E-state index in [2.05, 4.69) is 27.2 Å². The second-order valence-corrected chi connectivity index (χ2v) is 10.8. The number of piperidine rings is 1. The fourth-order valence-electron chi connectivity index (χ4n) is 5.07. The van der Waals surface area contributed by atoms with E-state index >= 15 is 0 Å². The molecule has 3 aromatic carbocycles. The summed E-state index contributed by atoms with van der Waals surface area (Å²) in [6.45, 7) is 4.63. The molecule has 0 unspecified atom stereocenters. The molecule has 4 aromatic rings. The highest BCUT2D eigenvalue weighted by molar-refractivity contribution is 6.04. The molecule has 0 saturated carbocycles. The van der Waals surface area contributed by atoms with Gasteiger partial charge in [0.15, 0.2) is 11.5 Å². The van der Waals surface area contributed by atoms with E-state index < -0.39 is 17.8 Å². The lowest BCUT2D eigenvalue weighted by atomic mass is 10.1. The molecule has 12 nitrogen and oxygen atoms in total. The molecule has 0 aliphatic carbocycles. The van der Waals surface area contributed by atoms with Gasteiger partial charge in [0.05, 0.1) is 17.3 Å². The second-order valence-electron chi connectivity index (χ2n) is 10.8.